The fourth-order valence-electron chi connectivity index (χ4n) is 1.83. The lowest BCUT2D eigenvalue weighted by Gasteiger charge is -2.27. The van der Waals surface area contributed by atoms with Gasteiger partial charge in [-0.3, -0.25) is 0 Å². The van der Waals surface area contributed by atoms with Crippen LogP contribution < -0.4 is 0 Å². The summed E-state index contributed by atoms with van der Waals surface area (Å²) in [6.07, 6.45) is -0.428. The molecule has 13 heavy (non-hydrogen) atoms. The number of azide groups is 1. The SMILES string of the molecule is [B][C@@H]1O[C@@]2(CO)CO[C@@H]1[C@@H]2N=[N+]=[N-]. The Morgan fingerprint density at radius 1 is 1.77 bits per heavy atom. The molecule has 2 saturated heterocycles. The van der Waals surface area contributed by atoms with Crippen molar-refractivity contribution in [3.05, 3.63) is 10.4 Å². The minimum atomic E-state index is -0.920. The van der Waals surface area contributed by atoms with Crippen LogP contribution in [0.5, 0.6) is 0 Å². The summed E-state index contributed by atoms with van der Waals surface area (Å²) in [7, 11) is 5.56. The van der Waals surface area contributed by atoms with Gasteiger partial charge in [0.05, 0.1) is 25.4 Å². The molecule has 0 aromatic rings. The first-order valence-electron chi connectivity index (χ1n) is 3.93. The molecule has 0 aromatic carbocycles. The van der Waals surface area contributed by atoms with Gasteiger partial charge >= 0.3 is 0 Å². The zero-order chi connectivity index (χ0) is 9.47. The van der Waals surface area contributed by atoms with E-state index in [1.54, 1.807) is 0 Å². The highest BCUT2D eigenvalue weighted by Crippen LogP contribution is 2.40. The van der Waals surface area contributed by atoms with Crippen LogP contribution in [0.2, 0.25) is 0 Å². The van der Waals surface area contributed by atoms with Crippen molar-refractivity contribution in [2.24, 2.45) is 5.11 Å². The molecule has 2 aliphatic heterocycles. The Morgan fingerprint density at radius 2 is 2.54 bits per heavy atom. The lowest BCUT2D eigenvalue weighted by molar-refractivity contribution is -0.130. The molecule has 0 aliphatic carbocycles. The number of nitrogens with zero attached hydrogens (tertiary/aromatic N) is 3. The molecule has 0 unspecified atom stereocenters. The van der Waals surface area contributed by atoms with Gasteiger partial charge in [0.2, 0.25) is 0 Å². The van der Waals surface area contributed by atoms with E-state index in [1.165, 1.54) is 0 Å². The highest BCUT2D eigenvalue weighted by molar-refractivity contribution is 6.11. The maximum Gasteiger partial charge on any atom is 0.125 e. The first kappa shape index (κ1) is 8.84. The topological polar surface area (TPSA) is 87.5 Å². The van der Waals surface area contributed by atoms with Gasteiger partial charge in [0.15, 0.2) is 0 Å². The third-order valence-corrected chi connectivity index (χ3v) is 2.51. The Hall–Kier alpha value is -0.745. The molecule has 0 aromatic heterocycles. The van der Waals surface area contributed by atoms with E-state index in [-0.39, 0.29) is 13.2 Å². The van der Waals surface area contributed by atoms with Crippen molar-refractivity contribution in [1.29, 1.82) is 0 Å². The van der Waals surface area contributed by atoms with E-state index in [0.717, 1.165) is 0 Å². The van der Waals surface area contributed by atoms with Crippen molar-refractivity contribution in [1.82, 2.24) is 0 Å². The van der Waals surface area contributed by atoms with Crippen LogP contribution in [0.15, 0.2) is 5.11 Å². The van der Waals surface area contributed by atoms with Gasteiger partial charge in [-0.1, -0.05) is 5.11 Å². The fourth-order valence-corrected chi connectivity index (χ4v) is 1.83. The molecule has 0 spiro atoms. The van der Waals surface area contributed by atoms with E-state index in [9.17, 15) is 0 Å². The maximum absolute atomic E-state index is 9.11. The van der Waals surface area contributed by atoms with Crippen LogP contribution in [-0.4, -0.2) is 49.9 Å². The Labute approximate surface area is 75.9 Å². The lowest BCUT2D eigenvalue weighted by Crippen LogP contribution is -2.43. The van der Waals surface area contributed by atoms with Gasteiger partial charge in [-0.25, -0.2) is 0 Å². The lowest BCUT2D eigenvalue weighted by atomic mass is 9.91. The molecule has 7 heteroatoms. The summed E-state index contributed by atoms with van der Waals surface area (Å²) in [4.78, 5) is 2.68. The number of hydrogen-bond acceptors (Lipinski definition) is 4. The van der Waals surface area contributed by atoms with Gasteiger partial charge < -0.3 is 14.6 Å². The second-order valence-corrected chi connectivity index (χ2v) is 3.23. The number of rotatable bonds is 2. The molecule has 0 saturated carbocycles. The summed E-state index contributed by atoms with van der Waals surface area (Å²) in [6, 6.07) is -1.13. The molecule has 4 atom stereocenters. The van der Waals surface area contributed by atoms with Crippen LogP contribution in [-0.2, 0) is 9.47 Å². The predicted octanol–water partition coefficient (Wildman–Crippen LogP) is -0.680. The van der Waals surface area contributed by atoms with E-state index < -0.39 is 23.8 Å². The zero-order valence-electron chi connectivity index (χ0n) is 6.83. The van der Waals surface area contributed by atoms with Crippen LogP contribution >= 0.6 is 0 Å². The quantitative estimate of drug-likeness (QED) is 0.265. The fraction of sp³-hybridized carbons (Fsp3) is 1.00. The monoisotopic (exact) mass is 181 g/mol. The second kappa shape index (κ2) is 2.89. The van der Waals surface area contributed by atoms with Crippen LogP contribution in [0, 0.1) is 0 Å². The molecular weight excluding hydrogens is 173 g/mol. The third kappa shape index (κ3) is 1.05. The number of aliphatic hydroxyl groups excluding tert-OH is 1. The first-order valence-corrected chi connectivity index (χ1v) is 3.93. The molecule has 1 N–H and O–H groups in total. The van der Waals surface area contributed by atoms with Crippen molar-refractivity contribution >= 4 is 7.85 Å². The summed E-state index contributed by atoms with van der Waals surface area (Å²) in [5.74, 6) is 0. The standard InChI is InChI=1S/C6H8BN3O3/c7-5-3-4(9-10-8)6(1-11,13-5)2-12-3/h3-5,11H,1-2H2/t3-,4+,5-,6+/m1/s1. The second-order valence-electron chi connectivity index (χ2n) is 3.23. The van der Waals surface area contributed by atoms with Gasteiger partial charge in [0.1, 0.15) is 13.4 Å². The summed E-state index contributed by atoms with van der Waals surface area (Å²) in [5.41, 5.74) is 7.39. The summed E-state index contributed by atoms with van der Waals surface area (Å²) < 4.78 is 10.5. The van der Waals surface area contributed by atoms with Crippen LogP contribution in [0.25, 0.3) is 10.4 Å². The Bertz CT molecular complexity index is 270. The molecular formula is C6H8BN3O3. The van der Waals surface area contributed by atoms with Crippen LogP contribution in [0.4, 0.5) is 0 Å². The number of fused-ring (bicyclic) bond motifs is 2. The van der Waals surface area contributed by atoms with Gasteiger partial charge in [0.25, 0.3) is 0 Å². The zero-order valence-corrected chi connectivity index (χ0v) is 6.83. The van der Waals surface area contributed by atoms with Crippen molar-refractivity contribution in [3.8, 4) is 0 Å². The molecule has 2 rings (SSSR count). The Balaban J connectivity index is 2.30. The van der Waals surface area contributed by atoms with Crippen molar-refractivity contribution in [2.75, 3.05) is 13.2 Å². The molecule has 2 radical (unpaired) electrons. The minimum Gasteiger partial charge on any atom is -0.393 e. The molecule has 2 aliphatic rings. The van der Waals surface area contributed by atoms with Gasteiger partial charge in [-0.05, 0) is 5.53 Å². The third-order valence-electron chi connectivity index (χ3n) is 2.51. The van der Waals surface area contributed by atoms with E-state index in [0.29, 0.717) is 0 Å². The molecule has 2 bridgehead atoms. The van der Waals surface area contributed by atoms with E-state index in [2.05, 4.69) is 10.0 Å². The van der Waals surface area contributed by atoms with Gasteiger partial charge in [0, 0.05) is 10.9 Å². The van der Waals surface area contributed by atoms with E-state index in [1.807, 2.05) is 0 Å². The molecule has 0 amide bonds. The predicted molar refractivity (Wildman–Crippen MR) is 43.1 cm³/mol. The Kier molecular flexibility index (Phi) is 1.96. The molecule has 68 valence electrons. The summed E-state index contributed by atoms with van der Waals surface area (Å²) >= 11 is 0. The largest absolute Gasteiger partial charge is 0.393 e. The van der Waals surface area contributed by atoms with E-state index in [4.69, 9.17) is 28.0 Å². The average Bonchev–Trinajstić information content (AvgIpc) is 2.59. The Morgan fingerprint density at radius 3 is 3.08 bits per heavy atom. The van der Waals surface area contributed by atoms with E-state index >= 15 is 0 Å². The number of aliphatic hydroxyl groups is 1. The van der Waals surface area contributed by atoms with Crippen LogP contribution in [0.1, 0.15) is 0 Å². The average molecular weight is 181 g/mol. The molecule has 6 nitrogen and oxygen atoms in total. The number of hydrogen-bond donors (Lipinski definition) is 1. The summed E-state index contributed by atoms with van der Waals surface area (Å²) in [6.45, 7) is -0.0214. The highest BCUT2D eigenvalue weighted by atomic mass is 16.6. The van der Waals surface area contributed by atoms with Gasteiger partial charge in [-0.15, -0.1) is 0 Å². The van der Waals surface area contributed by atoms with Crippen molar-refractivity contribution in [3.63, 3.8) is 0 Å². The summed E-state index contributed by atoms with van der Waals surface area (Å²) in [5, 5.41) is 12.6. The molecule has 2 heterocycles. The maximum atomic E-state index is 9.11. The van der Waals surface area contributed by atoms with Crippen molar-refractivity contribution in [2.45, 2.75) is 23.8 Å². The van der Waals surface area contributed by atoms with Crippen molar-refractivity contribution < 1.29 is 14.6 Å². The molecule has 2 fully saturated rings. The minimum absolute atomic E-state index is 0.228. The van der Waals surface area contributed by atoms with Crippen LogP contribution in [0.3, 0.4) is 0 Å². The normalized spacial score (nSPS) is 47.6. The smallest absolute Gasteiger partial charge is 0.125 e. The van der Waals surface area contributed by atoms with Gasteiger partial charge in [-0.2, -0.15) is 0 Å². The first-order chi connectivity index (χ1) is 6.23. The highest BCUT2D eigenvalue weighted by Gasteiger charge is 2.59. The number of ether oxygens (including phenoxy) is 2.